The van der Waals surface area contributed by atoms with E-state index in [0.717, 1.165) is 12.8 Å². The Bertz CT molecular complexity index is 281. The van der Waals surface area contributed by atoms with Gasteiger partial charge < -0.3 is 9.47 Å². The maximum absolute atomic E-state index is 5.78. The second-order valence-electron chi connectivity index (χ2n) is 4.30. The minimum atomic E-state index is -0.447. The molecule has 1 aliphatic heterocycles. The average Bonchev–Trinajstić information content (AvgIpc) is 2.38. The van der Waals surface area contributed by atoms with Crippen LogP contribution in [0.1, 0.15) is 33.6 Å². The van der Waals surface area contributed by atoms with Gasteiger partial charge in [0.1, 0.15) is 0 Å². The van der Waals surface area contributed by atoms with E-state index >= 15 is 0 Å². The van der Waals surface area contributed by atoms with Gasteiger partial charge in [0.15, 0.2) is 5.79 Å². The molecule has 1 heterocycles. The summed E-state index contributed by atoms with van der Waals surface area (Å²) in [6, 6.07) is 0. The van der Waals surface area contributed by atoms with Crippen LogP contribution in [0.25, 0.3) is 0 Å². The minimum Gasteiger partial charge on any atom is -0.359 e. The zero-order valence-electron chi connectivity index (χ0n) is 10.0. The van der Waals surface area contributed by atoms with E-state index in [2.05, 4.69) is 19.1 Å². The van der Waals surface area contributed by atoms with Crippen molar-refractivity contribution in [1.29, 1.82) is 0 Å². The molecule has 0 aromatic heterocycles. The van der Waals surface area contributed by atoms with Gasteiger partial charge in [-0.2, -0.15) is 11.6 Å². The molecule has 15 heavy (non-hydrogen) atoms. The summed E-state index contributed by atoms with van der Waals surface area (Å²) in [5.74, 6) is -0.447. The Balaban J connectivity index is 0.00000112. The summed E-state index contributed by atoms with van der Waals surface area (Å²) >= 11 is 0. The molecule has 2 rings (SSSR count). The third-order valence-electron chi connectivity index (χ3n) is 2.52. The number of hydrogen-bond donors (Lipinski definition) is 0. The Hall–Kier alpha value is -0.00260. The van der Waals surface area contributed by atoms with Crippen molar-refractivity contribution in [2.75, 3.05) is 0 Å². The van der Waals surface area contributed by atoms with E-state index in [9.17, 15) is 0 Å². The Morgan fingerprint density at radius 1 is 1.53 bits per heavy atom. The van der Waals surface area contributed by atoms with Crippen LogP contribution in [0.4, 0.5) is 0 Å². The summed E-state index contributed by atoms with van der Waals surface area (Å²) in [6.07, 6.45) is 9.69. The summed E-state index contributed by atoms with van der Waals surface area (Å²) in [4.78, 5) is 0. The number of rotatable bonds is 1. The molecule has 2 aliphatic rings. The molecule has 78 valence electrons. The van der Waals surface area contributed by atoms with E-state index in [1.165, 1.54) is 5.57 Å². The van der Waals surface area contributed by atoms with Gasteiger partial charge in [-0.05, 0) is 13.8 Å². The Labute approximate surface area is 104 Å². The normalized spacial score (nSPS) is 35.0. The van der Waals surface area contributed by atoms with Gasteiger partial charge in [0.05, 0.1) is 6.10 Å². The van der Waals surface area contributed by atoms with Crippen LogP contribution in [0.3, 0.4) is 0 Å². The van der Waals surface area contributed by atoms with Crippen LogP contribution < -0.4 is 18.9 Å². The van der Waals surface area contributed by atoms with Crippen molar-refractivity contribution in [3.05, 3.63) is 23.8 Å². The smallest absolute Gasteiger partial charge is 0.359 e. The maximum atomic E-state index is 5.78. The van der Waals surface area contributed by atoms with Crippen LogP contribution in [0, 0.1) is 6.08 Å². The maximum Gasteiger partial charge on any atom is 1.00 e. The molecule has 0 N–H and O–H groups in total. The predicted octanol–water partition coefficient (Wildman–Crippen LogP) is -0.390. The standard InChI is InChI=1S/C12H17O2.Li/c1-4-5-9-6-7-10-11(8-9)14-12(2,3)13-10;/h5-6,10-11H,4,8H2,1-3H3;/q-1;+1/b9-5-;/t10-,11+;/m0./s1. The van der Waals surface area contributed by atoms with Crippen molar-refractivity contribution >= 4 is 0 Å². The van der Waals surface area contributed by atoms with Crippen LogP contribution in [0.5, 0.6) is 0 Å². The molecule has 0 amide bonds. The molecule has 2 nitrogen and oxygen atoms in total. The first kappa shape index (κ1) is 13.1. The quantitative estimate of drug-likeness (QED) is 0.424. The summed E-state index contributed by atoms with van der Waals surface area (Å²) in [5.41, 5.74) is 1.31. The summed E-state index contributed by atoms with van der Waals surface area (Å²) in [6.45, 7) is 6.05. The van der Waals surface area contributed by atoms with E-state index in [1.807, 2.05) is 19.9 Å². The van der Waals surface area contributed by atoms with E-state index in [1.54, 1.807) is 0 Å². The first-order chi connectivity index (χ1) is 6.61. The molecule has 0 unspecified atom stereocenters. The van der Waals surface area contributed by atoms with Gasteiger partial charge in [-0.1, -0.05) is 19.8 Å². The van der Waals surface area contributed by atoms with Crippen molar-refractivity contribution < 1.29 is 28.3 Å². The van der Waals surface area contributed by atoms with Gasteiger partial charge in [-0.3, -0.25) is 0 Å². The van der Waals surface area contributed by atoms with Crippen molar-refractivity contribution in [3.8, 4) is 0 Å². The SMILES string of the molecule is CC/C=C1/C=[C-][C@@H]2OC(C)(C)O[C@@H]2C1.[Li+]. The molecule has 0 aromatic rings. The Morgan fingerprint density at radius 3 is 2.93 bits per heavy atom. The largest absolute Gasteiger partial charge is 1.00 e. The van der Waals surface area contributed by atoms with Gasteiger partial charge in [0.25, 0.3) is 0 Å². The second-order valence-corrected chi connectivity index (χ2v) is 4.30. The monoisotopic (exact) mass is 200 g/mol. The van der Waals surface area contributed by atoms with Gasteiger partial charge in [-0.25, -0.2) is 12.2 Å². The zero-order chi connectivity index (χ0) is 10.2. The van der Waals surface area contributed by atoms with Crippen molar-refractivity contribution in [2.45, 2.75) is 51.6 Å². The van der Waals surface area contributed by atoms with Gasteiger partial charge >= 0.3 is 18.9 Å². The van der Waals surface area contributed by atoms with Crippen molar-refractivity contribution in [3.63, 3.8) is 0 Å². The van der Waals surface area contributed by atoms with Gasteiger partial charge in [-0.15, -0.1) is 0 Å². The Kier molecular flexibility index (Phi) is 4.26. The van der Waals surface area contributed by atoms with E-state index in [-0.39, 0.29) is 31.1 Å². The average molecular weight is 200 g/mol. The second kappa shape index (κ2) is 4.89. The molecular formula is C12H17LiO2. The summed E-state index contributed by atoms with van der Waals surface area (Å²) in [7, 11) is 0. The summed E-state index contributed by atoms with van der Waals surface area (Å²) < 4.78 is 11.5. The molecule has 1 fully saturated rings. The van der Waals surface area contributed by atoms with Crippen LogP contribution in [0.15, 0.2) is 17.7 Å². The first-order valence-corrected chi connectivity index (χ1v) is 5.24. The topological polar surface area (TPSA) is 18.5 Å². The zero-order valence-corrected chi connectivity index (χ0v) is 10.0. The molecule has 1 saturated heterocycles. The number of allylic oxidation sites excluding steroid dienone is 2. The van der Waals surface area contributed by atoms with E-state index in [0.29, 0.717) is 0 Å². The first-order valence-electron chi connectivity index (χ1n) is 5.24. The molecule has 0 radical (unpaired) electrons. The van der Waals surface area contributed by atoms with E-state index < -0.39 is 5.79 Å². The molecule has 1 aliphatic carbocycles. The fraction of sp³-hybridized carbons (Fsp3) is 0.667. The van der Waals surface area contributed by atoms with Crippen LogP contribution >= 0.6 is 0 Å². The molecule has 0 aromatic carbocycles. The number of fused-ring (bicyclic) bond motifs is 1. The van der Waals surface area contributed by atoms with Crippen LogP contribution in [0.2, 0.25) is 0 Å². The number of hydrogen-bond acceptors (Lipinski definition) is 2. The number of ether oxygens (including phenoxy) is 2. The fourth-order valence-electron chi connectivity index (χ4n) is 2.01. The third-order valence-corrected chi connectivity index (χ3v) is 2.52. The van der Waals surface area contributed by atoms with Crippen LogP contribution in [-0.4, -0.2) is 18.0 Å². The molecule has 2 atom stereocenters. The molecular weight excluding hydrogens is 183 g/mol. The molecule has 3 heteroatoms. The Morgan fingerprint density at radius 2 is 2.27 bits per heavy atom. The third kappa shape index (κ3) is 2.98. The van der Waals surface area contributed by atoms with Crippen molar-refractivity contribution in [2.24, 2.45) is 0 Å². The van der Waals surface area contributed by atoms with Crippen molar-refractivity contribution in [1.82, 2.24) is 0 Å². The molecule has 0 bridgehead atoms. The van der Waals surface area contributed by atoms with E-state index in [4.69, 9.17) is 9.47 Å². The van der Waals surface area contributed by atoms with Crippen LogP contribution in [-0.2, 0) is 9.47 Å². The predicted molar refractivity (Wildman–Crippen MR) is 54.6 cm³/mol. The summed E-state index contributed by atoms with van der Waals surface area (Å²) in [5, 5.41) is 0. The molecule has 0 spiro atoms. The fourth-order valence-corrected chi connectivity index (χ4v) is 2.01. The molecule has 0 saturated carbocycles. The minimum absolute atomic E-state index is 0. The van der Waals surface area contributed by atoms with Gasteiger partial charge in [0, 0.05) is 6.10 Å². The van der Waals surface area contributed by atoms with Gasteiger partial charge in [0.2, 0.25) is 0 Å².